The maximum Gasteiger partial charge on any atom is 0.356 e. The van der Waals surface area contributed by atoms with Gasteiger partial charge in [-0.25, -0.2) is 4.79 Å². The second-order valence-electron chi connectivity index (χ2n) is 7.74. The third kappa shape index (κ3) is 4.21. The van der Waals surface area contributed by atoms with Gasteiger partial charge >= 0.3 is 5.97 Å². The van der Waals surface area contributed by atoms with E-state index in [1.165, 1.54) is 0 Å². The number of nitrogens with zero attached hydrogens (tertiary/aromatic N) is 3. The molecule has 0 radical (unpaired) electrons. The topological polar surface area (TPSA) is 75.4 Å². The Morgan fingerprint density at radius 1 is 1.19 bits per heavy atom. The molecule has 1 aliphatic heterocycles. The van der Waals surface area contributed by atoms with Crippen LogP contribution in [0.4, 0.5) is 0 Å². The number of hydrogen-bond donors (Lipinski definition) is 1. The van der Waals surface area contributed by atoms with Crippen LogP contribution in [-0.2, 0) is 24.3 Å². The summed E-state index contributed by atoms with van der Waals surface area (Å²) in [6, 6.07) is 9.99. The van der Waals surface area contributed by atoms with Gasteiger partial charge in [-0.15, -0.1) is 0 Å². The molecule has 27 heavy (non-hydrogen) atoms. The van der Waals surface area contributed by atoms with E-state index in [1.54, 1.807) is 4.90 Å². The van der Waals surface area contributed by atoms with Crippen molar-refractivity contribution >= 4 is 11.9 Å². The fraction of sp³-hybridized carbons (Fsp3) is 0.476. The molecule has 3 rings (SSSR count). The van der Waals surface area contributed by atoms with Crippen molar-refractivity contribution in [3.63, 3.8) is 0 Å². The van der Waals surface area contributed by atoms with E-state index in [1.807, 2.05) is 41.9 Å². The van der Waals surface area contributed by atoms with Gasteiger partial charge in [-0.3, -0.25) is 9.48 Å². The first-order chi connectivity index (χ1) is 12.9. The number of carboxylic acid groups (broad SMARTS) is 1. The second kappa shape index (κ2) is 7.94. The molecule has 1 N–H and O–H groups in total. The van der Waals surface area contributed by atoms with Crippen molar-refractivity contribution in [2.75, 3.05) is 6.54 Å². The summed E-state index contributed by atoms with van der Waals surface area (Å²) in [7, 11) is 0. The number of hydrogen-bond acceptors (Lipinski definition) is 3. The number of aromatic carboxylic acids is 1. The first-order valence-electron chi connectivity index (χ1n) is 9.51. The molecule has 6 nitrogen and oxygen atoms in total. The van der Waals surface area contributed by atoms with Gasteiger partial charge in [0.2, 0.25) is 5.91 Å². The van der Waals surface area contributed by atoms with Crippen LogP contribution in [-0.4, -0.2) is 38.2 Å². The van der Waals surface area contributed by atoms with Crippen LogP contribution in [0.2, 0.25) is 0 Å². The van der Waals surface area contributed by atoms with Crippen molar-refractivity contribution in [1.29, 1.82) is 0 Å². The summed E-state index contributed by atoms with van der Waals surface area (Å²) < 4.78 is 1.82. The van der Waals surface area contributed by atoms with Crippen molar-refractivity contribution in [2.45, 2.75) is 52.6 Å². The van der Waals surface area contributed by atoms with Crippen LogP contribution in [0, 0.1) is 5.92 Å². The summed E-state index contributed by atoms with van der Waals surface area (Å²) in [6.07, 6.45) is 1.07. The maximum absolute atomic E-state index is 12.8. The van der Waals surface area contributed by atoms with E-state index in [-0.39, 0.29) is 17.5 Å². The van der Waals surface area contributed by atoms with Gasteiger partial charge < -0.3 is 10.0 Å². The highest BCUT2D eigenvalue weighted by atomic mass is 16.4. The number of aromatic nitrogens is 2. The van der Waals surface area contributed by atoms with Crippen LogP contribution in [0.15, 0.2) is 30.3 Å². The lowest BCUT2D eigenvalue weighted by Crippen LogP contribution is -2.37. The van der Waals surface area contributed by atoms with Crippen LogP contribution in [0.1, 0.15) is 60.4 Å². The molecule has 0 saturated carbocycles. The molecule has 1 atom stereocenters. The molecule has 0 fully saturated rings. The number of benzene rings is 1. The molecule has 0 unspecified atom stereocenters. The van der Waals surface area contributed by atoms with Crippen molar-refractivity contribution in [3.8, 4) is 0 Å². The monoisotopic (exact) mass is 369 g/mol. The highest BCUT2D eigenvalue weighted by molar-refractivity contribution is 5.88. The van der Waals surface area contributed by atoms with Gasteiger partial charge in [0, 0.05) is 43.7 Å². The Bertz CT molecular complexity index is 827. The summed E-state index contributed by atoms with van der Waals surface area (Å²) in [5.41, 5.74) is 2.87. The van der Waals surface area contributed by atoms with Crippen molar-refractivity contribution < 1.29 is 14.7 Å². The van der Waals surface area contributed by atoms with Gasteiger partial charge in [0.15, 0.2) is 5.69 Å². The number of carbonyl (C=O) groups is 2. The largest absolute Gasteiger partial charge is 0.476 e. The Morgan fingerprint density at radius 3 is 2.52 bits per heavy atom. The predicted octanol–water partition coefficient (Wildman–Crippen LogP) is 3.32. The summed E-state index contributed by atoms with van der Waals surface area (Å²) >= 11 is 0. The standard InChI is InChI=1S/C21H27N3O3/c1-14(2)12-24-18-9-10-23(13-17(18)20(22-24)21(26)27)19(25)11-15(3)16-7-5-4-6-8-16/h4-8,14-15H,9-13H2,1-3H3,(H,26,27)/t15-/m0/s1. The quantitative estimate of drug-likeness (QED) is 0.847. The molecule has 0 aliphatic carbocycles. The Morgan fingerprint density at radius 2 is 1.89 bits per heavy atom. The average Bonchev–Trinajstić information content (AvgIpc) is 2.99. The molecule has 1 aliphatic rings. The minimum Gasteiger partial charge on any atom is -0.476 e. The Hall–Kier alpha value is -2.63. The van der Waals surface area contributed by atoms with Crippen LogP contribution in [0.3, 0.4) is 0 Å². The van der Waals surface area contributed by atoms with E-state index in [0.717, 1.165) is 11.3 Å². The van der Waals surface area contributed by atoms with E-state index in [2.05, 4.69) is 18.9 Å². The first-order valence-corrected chi connectivity index (χ1v) is 9.51. The fourth-order valence-corrected chi connectivity index (χ4v) is 3.66. The smallest absolute Gasteiger partial charge is 0.356 e. The predicted molar refractivity (Wildman–Crippen MR) is 103 cm³/mol. The van der Waals surface area contributed by atoms with Crippen LogP contribution in [0.5, 0.6) is 0 Å². The number of carboxylic acids is 1. The summed E-state index contributed by atoms with van der Waals surface area (Å²) in [6.45, 7) is 7.84. The van der Waals surface area contributed by atoms with E-state index in [9.17, 15) is 14.7 Å². The number of carbonyl (C=O) groups excluding carboxylic acids is 1. The summed E-state index contributed by atoms with van der Waals surface area (Å²) in [4.78, 5) is 26.2. The lowest BCUT2D eigenvalue weighted by molar-refractivity contribution is -0.132. The minimum absolute atomic E-state index is 0.0601. The Kier molecular flexibility index (Phi) is 5.63. The average molecular weight is 369 g/mol. The molecular formula is C21H27N3O3. The van der Waals surface area contributed by atoms with Gasteiger partial charge in [0.25, 0.3) is 0 Å². The number of fused-ring (bicyclic) bond motifs is 1. The minimum atomic E-state index is -1.03. The molecule has 2 heterocycles. The van der Waals surface area contributed by atoms with Crippen LogP contribution < -0.4 is 0 Å². The molecule has 0 spiro atoms. The Labute approximate surface area is 159 Å². The second-order valence-corrected chi connectivity index (χ2v) is 7.74. The molecular weight excluding hydrogens is 342 g/mol. The van der Waals surface area contributed by atoms with E-state index in [0.29, 0.717) is 44.0 Å². The number of rotatable bonds is 6. The first kappa shape index (κ1) is 19.1. The van der Waals surface area contributed by atoms with E-state index in [4.69, 9.17) is 0 Å². The highest BCUT2D eigenvalue weighted by Gasteiger charge is 2.30. The lowest BCUT2D eigenvalue weighted by Gasteiger charge is -2.29. The van der Waals surface area contributed by atoms with Crippen LogP contribution in [0.25, 0.3) is 0 Å². The molecule has 1 aromatic carbocycles. The van der Waals surface area contributed by atoms with E-state index < -0.39 is 5.97 Å². The van der Waals surface area contributed by atoms with Gasteiger partial charge in [-0.1, -0.05) is 51.1 Å². The zero-order chi connectivity index (χ0) is 19.6. The lowest BCUT2D eigenvalue weighted by atomic mass is 9.96. The molecule has 0 bridgehead atoms. The fourth-order valence-electron chi connectivity index (χ4n) is 3.66. The zero-order valence-corrected chi connectivity index (χ0v) is 16.2. The zero-order valence-electron chi connectivity index (χ0n) is 16.2. The van der Waals surface area contributed by atoms with Crippen molar-refractivity contribution in [1.82, 2.24) is 14.7 Å². The van der Waals surface area contributed by atoms with Gasteiger partial charge in [0.1, 0.15) is 0 Å². The molecule has 144 valence electrons. The maximum atomic E-state index is 12.8. The third-order valence-corrected chi connectivity index (χ3v) is 5.08. The van der Waals surface area contributed by atoms with Gasteiger partial charge in [0.05, 0.1) is 0 Å². The van der Waals surface area contributed by atoms with Crippen molar-refractivity contribution in [2.24, 2.45) is 5.92 Å². The SMILES string of the molecule is CC(C)Cn1nc(C(=O)O)c2c1CCN(C(=O)C[C@H](C)c1ccccc1)C2. The molecule has 0 saturated heterocycles. The van der Waals surface area contributed by atoms with Crippen molar-refractivity contribution in [3.05, 3.63) is 52.8 Å². The molecule has 6 heteroatoms. The van der Waals surface area contributed by atoms with Crippen LogP contribution >= 0.6 is 0 Å². The summed E-state index contributed by atoms with van der Waals surface area (Å²) in [5, 5.41) is 13.8. The van der Waals surface area contributed by atoms with E-state index >= 15 is 0 Å². The molecule has 1 amide bonds. The summed E-state index contributed by atoms with van der Waals surface area (Å²) in [5.74, 6) is -0.463. The number of amides is 1. The van der Waals surface area contributed by atoms with Gasteiger partial charge in [-0.05, 0) is 17.4 Å². The normalized spacial score (nSPS) is 14.9. The molecule has 1 aromatic heterocycles. The highest BCUT2D eigenvalue weighted by Crippen LogP contribution is 2.26. The Balaban J connectivity index is 1.76. The molecule has 2 aromatic rings. The third-order valence-electron chi connectivity index (χ3n) is 5.08. The van der Waals surface area contributed by atoms with Gasteiger partial charge in [-0.2, -0.15) is 5.10 Å².